The summed E-state index contributed by atoms with van der Waals surface area (Å²) < 4.78 is 32.3. The van der Waals surface area contributed by atoms with Gasteiger partial charge in [-0.3, -0.25) is 0 Å². The minimum absolute atomic E-state index is 0. The zero-order valence-electron chi connectivity index (χ0n) is 18.3. The number of aliphatic hydroxyl groups is 1. The van der Waals surface area contributed by atoms with Crippen LogP contribution in [0.25, 0.3) is 0 Å². The number of rotatable bonds is 19. The van der Waals surface area contributed by atoms with Crippen LogP contribution in [0.3, 0.4) is 0 Å². The van der Waals surface area contributed by atoms with E-state index in [0.717, 1.165) is 32.1 Å². The summed E-state index contributed by atoms with van der Waals surface area (Å²) in [5.41, 5.74) is 0. The van der Waals surface area contributed by atoms with Gasteiger partial charge in [0.15, 0.2) is 0 Å². The maximum atomic E-state index is 10.8. The fraction of sp³-hybridized carbons (Fsp3) is 1.00. The smallest absolute Gasteiger partial charge is 0.748 e. The van der Waals surface area contributed by atoms with Crippen molar-refractivity contribution in [3.05, 3.63) is 0 Å². The van der Waals surface area contributed by atoms with Gasteiger partial charge in [-0.2, -0.15) is 0 Å². The van der Waals surface area contributed by atoms with Gasteiger partial charge in [0.05, 0.1) is 16.2 Å². The molecule has 0 saturated heterocycles. The van der Waals surface area contributed by atoms with Crippen LogP contribution in [0.2, 0.25) is 0 Å². The van der Waals surface area contributed by atoms with Crippen molar-refractivity contribution in [1.82, 2.24) is 0 Å². The number of aliphatic hydroxyl groups excluding tert-OH is 1. The molecule has 2 unspecified atom stereocenters. The summed E-state index contributed by atoms with van der Waals surface area (Å²) in [5.74, 6) is 0. The Kier molecular flexibility index (Phi) is 23.6. The van der Waals surface area contributed by atoms with Crippen LogP contribution in [0.1, 0.15) is 123 Å². The monoisotopic (exact) mass is 430 g/mol. The van der Waals surface area contributed by atoms with Crippen molar-refractivity contribution in [1.29, 1.82) is 0 Å². The molecule has 0 radical (unpaired) electrons. The Morgan fingerprint density at radius 2 is 0.889 bits per heavy atom. The normalized spacial score (nSPS) is 13.9. The van der Waals surface area contributed by atoms with Gasteiger partial charge in [0.25, 0.3) is 0 Å². The molecule has 158 valence electrons. The van der Waals surface area contributed by atoms with Gasteiger partial charge in [-0.1, -0.05) is 96.3 Å². The second kappa shape index (κ2) is 20.8. The molecule has 6 heteroatoms. The van der Waals surface area contributed by atoms with E-state index in [4.69, 9.17) is 0 Å². The molecule has 0 saturated carbocycles. The van der Waals surface area contributed by atoms with Crippen molar-refractivity contribution in [2.45, 2.75) is 134 Å². The molecule has 2 atom stereocenters. The largest absolute Gasteiger partial charge is 1.00 e. The molecule has 0 aliphatic carbocycles. The van der Waals surface area contributed by atoms with Crippen LogP contribution >= 0.6 is 0 Å². The third kappa shape index (κ3) is 23.7. The SMILES string of the molecule is CC(O)CCCCCCCCCCCCCCCCCC(C)S(=O)(=O)[O-].[K+]. The Morgan fingerprint density at radius 1 is 0.630 bits per heavy atom. The van der Waals surface area contributed by atoms with Crippen LogP contribution in [0.5, 0.6) is 0 Å². The van der Waals surface area contributed by atoms with Gasteiger partial charge in [0.1, 0.15) is 0 Å². The number of hydrogen-bond acceptors (Lipinski definition) is 4. The molecule has 1 N–H and O–H groups in total. The summed E-state index contributed by atoms with van der Waals surface area (Å²) >= 11 is 0. The van der Waals surface area contributed by atoms with Crippen molar-refractivity contribution in [3.63, 3.8) is 0 Å². The fourth-order valence-electron chi connectivity index (χ4n) is 3.31. The summed E-state index contributed by atoms with van der Waals surface area (Å²) in [6, 6.07) is 0. The average molecular weight is 431 g/mol. The van der Waals surface area contributed by atoms with Crippen molar-refractivity contribution in [2.75, 3.05) is 0 Å². The standard InChI is InChI=1S/C21H44O4S.K/c1-20(22)18-16-14-12-10-8-6-4-3-5-7-9-11-13-15-17-19-21(2)26(23,24)25;/h20-22H,3-19H2,1-2H3,(H,23,24,25);/q;+1/p-1. The Balaban J connectivity index is 0. The second-order valence-corrected chi connectivity index (χ2v) is 9.82. The van der Waals surface area contributed by atoms with Crippen molar-refractivity contribution >= 4 is 10.1 Å². The van der Waals surface area contributed by atoms with E-state index < -0.39 is 15.4 Å². The summed E-state index contributed by atoms with van der Waals surface area (Å²) in [5, 5.41) is 8.45. The van der Waals surface area contributed by atoms with E-state index >= 15 is 0 Å². The zero-order chi connectivity index (χ0) is 19.7. The Hall–Kier alpha value is 1.51. The summed E-state index contributed by atoms with van der Waals surface area (Å²) in [6.07, 6.45) is 20.0. The zero-order valence-corrected chi connectivity index (χ0v) is 22.2. The van der Waals surface area contributed by atoms with Gasteiger partial charge in [-0.05, 0) is 26.7 Å². The Labute approximate surface area is 211 Å². The van der Waals surface area contributed by atoms with Crippen LogP contribution in [0, 0.1) is 0 Å². The Bertz CT molecular complexity index is 399. The summed E-state index contributed by atoms with van der Waals surface area (Å²) in [4.78, 5) is 0. The van der Waals surface area contributed by atoms with Gasteiger partial charge in [-0.15, -0.1) is 0 Å². The minimum Gasteiger partial charge on any atom is -0.748 e. The van der Waals surface area contributed by atoms with E-state index in [1.54, 1.807) is 0 Å². The van der Waals surface area contributed by atoms with Gasteiger partial charge >= 0.3 is 51.4 Å². The predicted molar refractivity (Wildman–Crippen MR) is 109 cm³/mol. The molecule has 0 fully saturated rings. The van der Waals surface area contributed by atoms with Crippen LogP contribution in [0.4, 0.5) is 0 Å². The van der Waals surface area contributed by atoms with Gasteiger partial charge in [-0.25, -0.2) is 8.42 Å². The molecule has 0 bridgehead atoms. The summed E-state index contributed by atoms with van der Waals surface area (Å²) in [6.45, 7) is 3.38. The maximum absolute atomic E-state index is 10.8. The molecule has 0 aromatic rings. The Morgan fingerprint density at radius 3 is 1.15 bits per heavy atom. The summed E-state index contributed by atoms with van der Waals surface area (Å²) in [7, 11) is -4.09. The predicted octanol–water partition coefficient (Wildman–Crippen LogP) is 2.94. The molecule has 0 heterocycles. The quantitative estimate of drug-likeness (QED) is 0.194. The van der Waals surface area contributed by atoms with Crippen LogP contribution in [-0.2, 0) is 10.1 Å². The molecule has 0 amide bonds. The van der Waals surface area contributed by atoms with Crippen molar-refractivity contribution < 1.29 is 69.5 Å². The number of unbranched alkanes of at least 4 members (excludes halogenated alkanes) is 14. The minimum atomic E-state index is -4.09. The van der Waals surface area contributed by atoms with Gasteiger partial charge < -0.3 is 9.66 Å². The molecule has 27 heavy (non-hydrogen) atoms. The van der Waals surface area contributed by atoms with E-state index in [1.165, 1.54) is 77.6 Å². The average Bonchev–Trinajstić information content (AvgIpc) is 2.56. The topological polar surface area (TPSA) is 77.4 Å². The third-order valence-electron chi connectivity index (χ3n) is 5.23. The molecule has 0 spiro atoms. The molecule has 0 aromatic heterocycles. The van der Waals surface area contributed by atoms with Crippen molar-refractivity contribution in [2.24, 2.45) is 0 Å². The molecule has 0 aromatic carbocycles. The van der Waals surface area contributed by atoms with Crippen molar-refractivity contribution in [3.8, 4) is 0 Å². The fourth-order valence-corrected chi connectivity index (χ4v) is 3.77. The van der Waals surface area contributed by atoms with E-state index in [0.29, 0.717) is 6.42 Å². The second-order valence-electron chi connectivity index (χ2n) is 8.03. The molecule has 0 aliphatic heterocycles. The van der Waals surface area contributed by atoms with E-state index in [2.05, 4.69) is 0 Å². The van der Waals surface area contributed by atoms with Crippen LogP contribution in [0.15, 0.2) is 0 Å². The van der Waals surface area contributed by atoms with Gasteiger partial charge in [0, 0.05) is 5.25 Å². The van der Waals surface area contributed by atoms with E-state index in [-0.39, 0.29) is 57.5 Å². The molecule has 4 nitrogen and oxygen atoms in total. The first kappa shape index (κ1) is 30.7. The number of hydrogen-bond donors (Lipinski definition) is 1. The first-order valence-corrected chi connectivity index (χ1v) is 12.4. The molecule has 0 rings (SSSR count). The van der Waals surface area contributed by atoms with E-state index in [1.807, 2.05) is 6.92 Å². The molecular weight excluding hydrogens is 387 g/mol. The molecular formula is C21H43KO4S. The molecule has 0 aliphatic rings. The van der Waals surface area contributed by atoms with Gasteiger partial charge in [0.2, 0.25) is 0 Å². The van der Waals surface area contributed by atoms with Crippen LogP contribution in [-0.4, -0.2) is 29.4 Å². The first-order chi connectivity index (χ1) is 12.3. The van der Waals surface area contributed by atoms with E-state index in [9.17, 15) is 18.1 Å². The maximum Gasteiger partial charge on any atom is 1.00 e. The first-order valence-electron chi connectivity index (χ1n) is 11.0. The third-order valence-corrected chi connectivity index (χ3v) is 6.45. The van der Waals surface area contributed by atoms with Crippen LogP contribution < -0.4 is 51.4 Å².